The van der Waals surface area contributed by atoms with E-state index in [0.29, 0.717) is 18.0 Å². The quantitative estimate of drug-likeness (QED) is 0.740. The zero-order valence-electron chi connectivity index (χ0n) is 15.7. The number of nitrogens with one attached hydrogen (secondary N) is 1. The summed E-state index contributed by atoms with van der Waals surface area (Å²) in [6.07, 6.45) is 6.45. The Balaban J connectivity index is 1.72. The summed E-state index contributed by atoms with van der Waals surface area (Å²) < 4.78 is 2.18. The van der Waals surface area contributed by atoms with Gasteiger partial charge in [-0.15, -0.1) is 0 Å². The first-order valence-electron chi connectivity index (χ1n) is 9.73. The summed E-state index contributed by atoms with van der Waals surface area (Å²) in [7, 11) is 0. The number of piperazine rings is 1. The molecule has 140 valence electrons. The van der Waals surface area contributed by atoms with E-state index in [1.165, 1.54) is 23.8 Å². The predicted molar refractivity (Wildman–Crippen MR) is 110 cm³/mol. The highest BCUT2D eigenvalue weighted by molar-refractivity contribution is 6.30. The average molecular weight is 382 g/mol. The van der Waals surface area contributed by atoms with Gasteiger partial charge in [-0.1, -0.05) is 17.7 Å². The zero-order chi connectivity index (χ0) is 18.5. The summed E-state index contributed by atoms with van der Waals surface area (Å²) in [5, 5.41) is 5.51. The molecule has 1 saturated carbocycles. The van der Waals surface area contributed by atoms with E-state index in [9.17, 15) is 0 Å². The van der Waals surface area contributed by atoms with Crippen molar-refractivity contribution in [2.75, 3.05) is 18.0 Å². The molecule has 2 aromatic heterocycles. The second kappa shape index (κ2) is 6.50. The van der Waals surface area contributed by atoms with Crippen LogP contribution < -0.4 is 10.2 Å². The lowest BCUT2D eigenvalue weighted by Crippen LogP contribution is -2.54. The third-order valence-corrected chi connectivity index (χ3v) is 5.97. The third kappa shape index (κ3) is 2.99. The van der Waals surface area contributed by atoms with Crippen LogP contribution in [0.4, 0.5) is 5.82 Å². The molecule has 5 nitrogen and oxygen atoms in total. The molecule has 0 unspecified atom stereocenters. The Hall–Kier alpha value is -2.11. The molecule has 1 aliphatic heterocycles. The Kier molecular flexibility index (Phi) is 4.10. The summed E-state index contributed by atoms with van der Waals surface area (Å²) >= 11 is 6.25. The van der Waals surface area contributed by atoms with Crippen LogP contribution in [0.15, 0.2) is 36.8 Å². The lowest BCUT2D eigenvalue weighted by molar-refractivity contribution is 0.423. The van der Waals surface area contributed by atoms with Crippen molar-refractivity contribution >= 4 is 28.5 Å². The molecule has 1 N–H and O–H groups in total. The lowest BCUT2D eigenvalue weighted by Gasteiger charge is -2.38. The Morgan fingerprint density at radius 1 is 1.19 bits per heavy atom. The van der Waals surface area contributed by atoms with Crippen LogP contribution in [0, 0.1) is 0 Å². The van der Waals surface area contributed by atoms with Crippen molar-refractivity contribution in [3.63, 3.8) is 0 Å². The number of hydrogen-bond donors (Lipinski definition) is 1. The first-order chi connectivity index (χ1) is 13.1. The fourth-order valence-electron chi connectivity index (χ4n) is 4.13. The van der Waals surface area contributed by atoms with Crippen molar-refractivity contribution in [3.05, 3.63) is 47.4 Å². The minimum Gasteiger partial charge on any atom is -0.350 e. The topological polar surface area (TPSA) is 46.0 Å². The maximum absolute atomic E-state index is 6.25. The maximum atomic E-state index is 6.25. The number of hydrogen-bond acceptors (Lipinski definition) is 4. The predicted octanol–water partition coefficient (Wildman–Crippen LogP) is 4.14. The van der Waals surface area contributed by atoms with Gasteiger partial charge < -0.3 is 14.8 Å². The van der Waals surface area contributed by atoms with Gasteiger partial charge in [-0.05, 0) is 56.4 Å². The summed E-state index contributed by atoms with van der Waals surface area (Å²) in [6, 6.07) is 8.82. The normalized spacial score (nSPS) is 23.1. The van der Waals surface area contributed by atoms with E-state index in [1.54, 1.807) is 6.33 Å². The van der Waals surface area contributed by atoms with E-state index in [4.69, 9.17) is 16.6 Å². The second-order valence-corrected chi connectivity index (χ2v) is 8.35. The third-order valence-electron chi connectivity index (χ3n) is 5.73. The van der Waals surface area contributed by atoms with Crippen LogP contribution in [0.3, 0.4) is 0 Å². The smallest absolute Gasteiger partial charge is 0.150 e. The molecule has 5 rings (SSSR count). The van der Waals surface area contributed by atoms with Gasteiger partial charge in [0.2, 0.25) is 0 Å². The molecule has 2 aliphatic rings. The van der Waals surface area contributed by atoms with E-state index in [2.05, 4.69) is 45.9 Å². The van der Waals surface area contributed by atoms with Gasteiger partial charge in [0, 0.05) is 42.1 Å². The van der Waals surface area contributed by atoms with Crippen LogP contribution in [0.25, 0.3) is 16.7 Å². The molecule has 27 heavy (non-hydrogen) atoms. The molecule has 0 amide bonds. The molecule has 3 heterocycles. The fraction of sp³-hybridized carbons (Fsp3) is 0.429. The molecule has 2 atom stereocenters. The molecule has 0 bridgehead atoms. The van der Waals surface area contributed by atoms with Crippen LogP contribution >= 0.6 is 11.6 Å². The highest BCUT2D eigenvalue weighted by Crippen LogP contribution is 2.46. The van der Waals surface area contributed by atoms with Crippen LogP contribution in [0.2, 0.25) is 5.02 Å². The van der Waals surface area contributed by atoms with Crippen LogP contribution in [-0.2, 0) is 0 Å². The van der Waals surface area contributed by atoms with Crippen molar-refractivity contribution in [2.45, 2.75) is 44.7 Å². The molecule has 0 spiro atoms. The monoisotopic (exact) mass is 381 g/mol. The summed E-state index contributed by atoms with van der Waals surface area (Å²) in [4.78, 5) is 11.9. The van der Waals surface area contributed by atoms with Crippen molar-refractivity contribution in [1.82, 2.24) is 19.9 Å². The molecule has 0 radical (unpaired) electrons. The number of fused-ring (bicyclic) bond motifs is 1. The van der Waals surface area contributed by atoms with Gasteiger partial charge in [0.1, 0.15) is 17.8 Å². The summed E-state index contributed by atoms with van der Waals surface area (Å²) in [6.45, 7) is 6.42. The Morgan fingerprint density at radius 2 is 2.04 bits per heavy atom. The standard InChI is InChI=1S/C21H24ClN5/c1-13-10-26(14(2)9-23-13)20-19-18(15-6-7-15)11-27(21(19)25-12-24-20)17-5-3-4-16(22)8-17/h3-5,8,11-15,23H,6-7,9-10H2,1-2H3/t13-,14+/m1/s1. The molecular formula is C21H24ClN5. The Morgan fingerprint density at radius 3 is 2.81 bits per heavy atom. The number of benzene rings is 1. The zero-order valence-corrected chi connectivity index (χ0v) is 16.4. The SMILES string of the molecule is C[C@@H]1CN(c2ncnc3c2c(C2CC2)cn3-c2cccc(Cl)c2)[C@@H](C)CN1. The summed E-state index contributed by atoms with van der Waals surface area (Å²) in [5.74, 6) is 1.69. The van der Waals surface area contributed by atoms with Crippen molar-refractivity contribution in [3.8, 4) is 5.69 Å². The van der Waals surface area contributed by atoms with Gasteiger partial charge in [-0.3, -0.25) is 0 Å². The number of halogens is 1. The number of rotatable bonds is 3. The van der Waals surface area contributed by atoms with Gasteiger partial charge in [0.25, 0.3) is 0 Å². The van der Waals surface area contributed by atoms with Gasteiger partial charge in [0.15, 0.2) is 0 Å². The highest BCUT2D eigenvalue weighted by atomic mass is 35.5. The van der Waals surface area contributed by atoms with Gasteiger partial charge in [-0.25, -0.2) is 9.97 Å². The van der Waals surface area contributed by atoms with E-state index in [0.717, 1.165) is 35.3 Å². The first-order valence-corrected chi connectivity index (χ1v) is 10.1. The maximum Gasteiger partial charge on any atom is 0.150 e. The van der Waals surface area contributed by atoms with Gasteiger partial charge in [0.05, 0.1) is 5.39 Å². The van der Waals surface area contributed by atoms with Gasteiger partial charge in [-0.2, -0.15) is 0 Å². The summed E-state index contributed by atoms with van der Waals surface area (Å²) in [5.41, 5.74) is 3.40. The van der Waals surface area contributed by atoms with E-state index >= 15 is 0 Å². The van der Waals surface area contributed by atoms with Crippen LogP contribution in [0.1, 0.15) is 38.2 Å². The Bertz CT molecular complexity index is 993. The molecule has 1 aliphatic carbocycles. The van der Waals surface area contributed by atoms with Crippen molar-refractivity contribution < 1.29 is 0 Å². The number of aromatic nitrogens is 3. The highest BCUT2D eigenvalue weighted by Gasteiger charge is 2.32. The molecule has 6 heteroatoms. The lowest BCUT2D eigenvalue weighted by atomic mass is 10.1. The molecule has 1 aromatic carbocycles. The van der Waals surface area contributed by atoms with Crippen LogP contribution in [0.5, 0.6) is 0 Å². The van der Waals surface area contributed by atoms with Crippen molar-refractivity contribution in [1.29, 1.82) is 0 Å². The largest absolute Gasteiger partial charge is 0.350 e. The van der Waals surface area contributed by atoms with E-state index < -0.39 is 0 Å². The minimum absolute atomic E-state index is 0.404. The average Bonchev–Trinajstić information content (AvgIpc) is 3.43. The van der Waals surface area contributed by atoms with Crippen LogP contribution in [-0.4, -0.2) is 39.7 Å². The molecule has 3 aromatic rings. The van der Waals surface area contributed by atoms with E-state index in [-0.39, 0.29) is 0 Å². The molecular weight excluding hydrogens is 358 g/mol. The number of anilines is 1. The fourth-order valence-corrected chi connectivity index (χ4v) is 4.32. The van der Waals surface area contributed by atoms with E-state index in [1.807, 2.05) is 18.2 Å². The number of nitrogens with zero attached hydrogens (tertiary/aromatic N) is 4. The molecule has 1 saturated heterocycles. The molecule has 2 fully saturated rings. The minimum atomic E-state index is 0.404. The Labute approximate surface area is 164 Å². The van der Waals surface area contributed by atoms with Gasteiger partial charge >= 0.3 is 0 Å². The van der Waals surface area contributed by atoms with Crippen molar-refractivity contribution in [2.24, 2.45) is 0 Å². The second-order valence-electron chi connectivity index (χ2n) is 7.92. The first kappa shape index (κ1) is 17.0.